The van der Waals surface area contributed by atoms with E-state index >= 15 is 0 Å². The van der Waals surface area contributed by atoms with E-state index in [2.05, 4.69) is 51.9 Å². The summed E-state index contributed by atoms with van der Waals surface area (Å²) in [5.41, 5.74) is 3.51. The average molecular weight is 418 g/mol. The summed E-state index contributed by atoms with van der Waals surface area (Å²) in [5, 5.41) is 6.89. The van der Waals surface area contributed by atoms with Crippen molar-refractivity contribution in [1.82, 2.24) is 15.3 Å². The lowest BCUT2D eigenvalue weighted by atomic mass is 10.1. The molecule has 0 saturated heterocycles. The number of aryl methyl sites for hydroxylation is 1. The van der Waals surface area contributed by atoms with Crippen molar-refractivity contribution in [3.05, 3.63) is 41.5 Å². The number of nitrogens with one attached hydrogen (secondary N) is 1. The van der Waals surface area contributed by atoms with Gasteiger partial charge in [0, 0.05) is 37.3 Å². The summed E-state index contributed by atoms with van der Waals surface area (Å²) >= 11 is 3.18. The zero-order valence-electron chi connectivity index (χ0n) is 16.1. The van der Waals surface area contributed by atoms with E-state index in [0.717, 1.165) is 26.4 Å². The lowest BCUT2D eigenvalue weighted by Crippen LogP contribution is -2.34. The molecule has 0 unspecified atom stereocenters. The summed E-state index contributed by atoms with van der Waals surface area (Å²) in [7, 11) is 3.09. The largest absolute Gasteiger partial charge is 0.354 e. The van der Waals surface area contributed by atoms with Crippen molar-refractivity contribution in [1.29, 1.82) is 0 Å². The minimum absolute atomic E-state index is 0.0408. The highest BCUT2D eigenvalue weighted by atomic mass is 32.2. The molecule has 28 heavy (non-hydrogen) atoms. The van der Waals surface area contributed by atoms with Crippen LogP contribution in [0.3, 0.4) is 0 Å². The van der Waals surface area contributed by atoms with Crippen LogP contribution in [0, 0.1) is 6.92 Å². The number of carbonyl (C=O) groups is 1. The summed E-state index contributed by atoms with van der Waals surface area (Å²) in [5.74, 6) is 0.590. The van der Waals surface area contributed by atoms with Crippen LogP contribution >= 0.6 is 23.1 Å². The van der Waals surface area contributed by atoms with Gasteiger partial charge in [-0.05, 0) is 12.5 Å². The van der Waals surface area contributed by atoms with Gasteiger partial charge in [-0.2, -0.15) is 0 Å². The number of fused-ring (bicyclic) bond motifs is 1. The molecular formula is C20H23N3O3S2. The van der Waals surface area contributed by atoms with Crippen LogP contribution in [0.25, 0.3) is 21.3 Å². The molecule has 148 valence electrons. The highest BCUT2D eigenvalue weighted by Crippen LogP contribution is 2.37. The number of carbonyl (C=O) groups excluding carboxylic acids is 1. The Kier molecular flexibility index (Phi) is 7.38. The van der Waals surface area contributed by atoms with E-state index < -0.39 is 6.29 Å². The zero-order chi connectivity index (χ0) is 19.9. The predicted molar refractivity (Wildman–Crippen MR) is 114 cm³/mol. The molecule has 8 heteroatoms. The Morgan fingerprint density at radius 1 is 1.21 bits per heavy atom. The maximum atomic E-state index is 12.0. The number of aromatic nitrogens is 2. The van der Waals surface area contributed by atoms with Crippen LogP contribution in [-0.2, 0) is 14.3 Å². The first-order valence-corrected chi connectivity index (χ1v) is 10.7. The SMILES string of the molecule is COC(CNC(=O)CCSc1ncnc2scc(-c3ccc(C)cc3)c12)OC. The van der Waals surface area contributed by atoms with E-state index in [4.69, 9.17) is 9.47 Å². The molecule has 0 bridgehead atoms. The van der Waals surface area contributed by atoms with Gasteiger partial charge in [-0.25, -0.2) is 9.97 Å². The van der Waals surface area contributed by atoms with Crippen LogP contribution in [0.5, 0.6) is 0 Å². The molecule has 2 heterocycles. The molecule has 3 rings (SSSR count). The van der Waals surface area contributed by atoms with Crippen LogP contribution in [0.15, 0.2) is 41.0 Å². The van der Waals surface area contributed by atoms with Gasteiger partial charge in [0.05, 0.1) is 11.9 Å². The average Bonchev–Trinajstić information content (AvgIpc) is 3.14. The molecule has 0 aliphatic heterocycles. The zero-order valence-corrected chi connectivity index (χ0v) is 17.7. The third-order valence-corrected chi connectivity index (χ3v) is 6.14. The Morgan fingerprint density at radius 2 is 1.96 bits per heavy atom. The van der Waals surface area contributed by atoms with Crippen LogP contribution in [0.1, 0.15) is 12.0 Å². The number of thioether (sulfide) groups is 1. The highest BCUT2D eigenvalue weighted by molar-refractivity contribution is 7.99. The smallest absolute Gasteiger partial charge is 0.221 e. The number of benzene rings is 1. The summed E-state index contributed by atoms with van der Waals surface area (Å²) in [6, 6.07) is 8.45. The Labute approximate surface area is 172 Å². The number of thiophene rings is 1. The Bertz CT molecular complexity index is 924. The Hall–Kier alpha value is -2.00. The molecule has 0 atom stereocenters. The predicted octanol–water partition coefficient (Wildman–Crippen LogP) is 3.88. The second kappa shape index (κ2) is 9.97. The fraction of sp³-hybridized carbons (Fsp3) is 0.350. The maximum Gasteiger partial charge on any atom is 0.221 e. The van der Waals surface area contributed by atoms with E-state index in [0.29, 0.717) is 18.7 Å². The number of amides is 1. The summed E-state index contributed by atoms with van der Waals surface area (Å²) in [4.78, 5) is 21.9. The van der Waals surface area contributed by atoms with Gasteiger partial charge in [0.1, 0.15) is 16.2 Å². The molecule has 0 aliphatic rings. The van der Waals surface area contributed by atoms with E-state index in [1.54, 1.807) is 43.6 Å². The minimum atomic E-state index is -0.430. The monoisotopic (exact) mass is 417 g/mol. The lowest BCUT2D eigenvalue weighted by molar-refractivity contribution is -0.127. The molecule has 0 radical (unpaired) electrons. The van der Waals surface area contributed by atoms with Crippen molar-refractivity contribution in [3.8, 4) is 11.1 Å². The summed E-state index contributed by atoms with van der Waals surface area (Å²) in [6.45, 7) is 2.41. The molecule has 0 saturated carbocycles. The number of hydrogen-bond acceptors (Lipinski definition) is 7. The molecule has 0 spiro atoms. The van der Waals surface area contributed by atoms with Crippen LogP contribution < -0.4 is 5.32 Å². The van der Waals surface area contributed by atoms with E-state index in [9.17, 15) is 4.79 Å². The highest BCUT2D eigenvalue weighted by Gasteiger charge is 2.14. The van der Waals surface area contributed by atoms with Gasteiger partial charge in [0.25, 0.3) is 0 Å². The quantitative estimate of drug-likeness (QED) is 0.324. The number of hydrogen-bond donors (Lipinski definition) is 1. The van der Waals surface area contributed by atoms with Gasteiger partial charge in [0.15, 0.2) is 6.29 Å². The van der Waals surface area contributed by atoms with Crippen molar-refractivity contribution in [2.45, 2.75) is 24.7 Å². The van der Waals surface area contributed by atoms with Crippen LogP contribution in [0.4, 0.5) is 0 Å². The first kappa shape index (κ1) is 20.7. The molecule has 2 aromatic heterocycles. The fourth-order valence-electron chi connectivity index (χ4n) is 2.69. The Balaban J connectivity index is 1.67. The molecule has 0 aliphatic carbocycles. The Morgan fingerprint density at radius 3 is 2.68 bits per heavy atom. The van der Waals surface area contributed by atoms with Gasteiger partial charge in [0.2, 0.25) is 5.91 Å². The molecule has 6 nitrogen and oxygen atoms in total. The van der Waals surface area contributed by atoms with Crippen molar-refractivity contribution >= 4 is 39.2 Å². The number of rotatable bonds is 9. The van der Waals surface area contributed by atoms with Gasteiger partial charge in [-0.15, -0.1) is 23.1 Å². The normalized spacial score (nSPS) is 11.3. The van der Waals surface area contributed by atoms with Crippen molar-refractivity contribution in [3.63, 3.8) is 0 Å². The van der Waals surface area contributed by atoms with E-state index in [1.165, 1.54) is 5.56 Å². The fourth-order valence-corrected chi connectivity index (χ4v) is 4.63. The van der Waals surface area contributed by atoms with E-state index in [1.807, 2.05) is 0 Å². The minimum Gasteiger partial charge on any atom is -0.354 e. The molecule has 1 N–H and O–H groups in total. The van der Waals surface area contributed by atoms with Gasteiger partial charge < -0.3 is 14.8 Å². The molecule has 1 aromatic carbocycles. The van der Waals surface area contributed by atoms with Gasteiger partial charge in [-0.3, -0.25) is 4.79 Å². The van der Waals surface area contributed by atoms with Crippen LogP contribution in [0.2, 0.25) is 0 Å². The van der Waals surface area contributed by atoms with Gasteiger partial charge in [-0.1, -0.05) is 29.8 Å². The first-order chi connectivity index (χ1) is 13.6. The molecule has 1 amide bonds. The third-order valence-electron chi connectivity index (χ3n) is 4.26. The number of methoxy groups -OCH3 is 2. The van der Waals surface area contributed by atoms with Crippen molar-refractivity contribution in [2.75, 3.05) is 26.5 Å². The lowest BCUT2D eigenvalue weighted by Gasteiger charge is -2.13. The van der Waals surface area contributed by atoms with Crippen molar-refractivity contribution < 1.29 is 14.3 Å². The third kappa shape index (κ3) is 5.08. The topological polar surface area (TPSA) is 73.3 Å². The van der Waals surface area contributed by atoms with Crippen LogP contribution in [-0.4, -0.2) is 48.7 Å². The maximum absolute atomic E-state index is 12.0. The molecule has 0 fully saturated rings. The standard InChI is InChI=1S/C20H23N3O3S2/c1-13-4-6-14(7-5-13)15-11-28-20-18(15)19(22-12-23-20)27-9-8-16(24)21-10-17(25-2)26-3/h4-7,11-12,17H,8-10H2,1-3H3,(H,21,24). The van der Waals surface area contributed by atoms with E-state index in [-0.39, 0.29) is 5.91 Å². The number of ether oxygens (including phenoxy) is 2. The first-order valence-electron chi connectivity index (χ1n) is 8.86. The second-order valence-electron chi connectivity index (χ2n) is 6.18. The van der Waals surface area contributed by atoms with Gasteiger partial charge >= 0.3 is 0 Å². The van der Waals surface area contributed by atoms with Crippen molar-refractivity contribution in [2.24, 2.45) is 0 Å². The second-order valence-corrected chi connectivity index (χ2v) is 8.12. The summed E-state index contributed by atoms with van der Waals surface area (Å²) in [6.07, 6.45) is 1.54. The summed E-state index contributed by atoms with van der Waals surface area (Å²) < 4.78 is 10.1. The molecular weight excluding hydrogens is 394 g/mol. The number of nitrogens with zero attached hydrogens (tertiary/aromatic N) is 2. The molecule has 3 aromatic rings.